The standard InChI is InChI=1S/C54H42Si2/c1-7-22-47(23-8-1)55(48-24-9-2-10-25-48,49-26-11-3-12-27-49)53-38-34-43(35-39-53)45-20-19-21-46(42-45)44-36-40-54(41-37-44)56(50-28-13-4-14-29-50,51-30-15-5-16-31-51)52-32-17-6-18-33-52/h1-42H. The van der Waals surface area contributed by atoms with E-state index in [0.29, 0.717) is 0 Å². The number of benzene rings is 9. The summed E-state index contributed by atoms with van der Waals surface area (Å²) in [7, 11) is -5.16. The van der Waals surface area contributed by atoms with E-state index in [1.807, 2.05) is 0 Å². The summed E-state index contributed by atoms with van der Waals surface area (Å²) in [5.74, 6) is 0. The molecule has 0 N–H and O–H groups in total. The predicted octanol–water partition coefficient (Wildman–Crippen LogP) is 7.78. The van der Waals surface area contributed by atoms with Crippen LogP contribution in [0, 0.1) is 0 Å². The van der Waals surface area contributed by atoms with Crippen molar-refractivity contribution in [2.75, 3.05) is 0 Å². The summed E-state index contributed by atoms with van der Waals surface area (Å²) in [6.07, 6.45) is 0. The molecule has 9 aromatic rings. The largest absolute Gasteiger partial charge is 0.179 e. The van der Waals surface area contributed by atoms with Crippen LogP contribution < -0.4 is 41.5 Å². The van der Waals surface area contributed by atoms with Gasteiger partial charge in [-0.05, 0) is 69.8 Å². The Kier molecular flexibility index (Phi) is 9.81. The summed E-state index contributed by atoms with van der Waals surface area (Å²) in [6.45, 7) is 0. The van der Waals surface area contributed by atoms with Crippen LogP contribution in [0.5, 0.6) is 0 Å². The van der Waals surface area contributed by atoms with Crippen LogP contribution in [-0.2, 0) is 0 Å². The Labute approximate surface area is 333 Å². The van der Waals surface area contributed by atoms with Gasteiger partial charge in [0.25, 0.3) is 0 Å². The highest BCUT2D eigenvalue weighted by molar-refractivity contribution is 7.20. The molecule has 56 heavy (non-hydrogen) atoms. The van der Waals surface area contributed by atoms with Crippen LogP contribution >= 0.6 is 0 Å². The molecule has 2 heteroatoms. The lowest BCUT2D eigenvalue weighted by molar-refractivity contribution is 1.59. The molecule has 9 aromatic carbocycles. The average molecular weight is 747 g/mol. The molecule has 266 valence electrons. The van der Waals surface area contributed by atoms with Crippen molar-refractivity contribution in [3.8, 4) is 22.3 Å². The Bertz CT molecular complexity index is 2250. The first-order chi connectivity index (χ1) is 27.8. The second-order valence-corrected chi connectivity index (χ2v) is 22.1. The third-order valence-electron chi connectivity index (χ3n) is 11.4. The van der Waals surface area contributed by atoms with Gasteiger partial charge in [0.05, 0.1) is 0 Å². The summed E-state index contributed by atoms with van der Waals surface area (Å²) in [4.78, 5) is 0. The maximum absolute atomic E-state index is 2.58. The predicted molar refractivity (Wildman–Crippen MR) is 245 cm³/mol. The van der Waals surface area contributed by atoms with Crippen molar-refractivity contribution in [1.29, 1.82) is 0 Å². The SMILES string of the molecule is c1ccc([Si](c2ccccc2)(c2ccccc2)c2ccc(-c3cccc(-c4ccc([Si](c5ccccc5)(c5ccccc5)c5ccccc5)cc4)c3)cc2)cc1. The molecule has 0 saturated heterocycles. The molecule has 0 nitrogen and oxygen atoms in total. The number of hydrogen-bond acceptors (Lipinski definition) is 0. The van der Waals surface area contributed by atoms with Gasteiger partial charge in [-0.15, -0.1) is 0 Å². The fraction of sp³-hybridized carbons (Fsp3) is 0. The van der Waals surface area contributed by atoms with Crippen molar-refractivity contribution in [3.63, 3.8) is 0 Å². The Morgan fingerprint density at radius 3 is 0.607 bits per heavy atom. The molecule has 9 rings (SSSR count). The second kappa shape index (κ2) is 15.6. The molecule has 0 amide bonds. The van der Waals surface area contributed by atoms with Gasteiger partial charge in [0.1, 0.15) is 0 Å². The maximum atomic E-state index is 2.39. The molecule has 0 saturated carbocycles. The average Bonchev–Trinajstić information content (AvgIpc) is 3.30. The monoisotopic (exact) mass is 746 g/mol. The lowest BCUT2D eigenvalue weighted by Gasteiger charge is -2.34. The van der Waals surface area contributed by atoms with E-state index in [1.54, 1.807) is 0 Å². The second-order valence-electron chi connectivity index (χ2n) is 14.4. The van der Waals surface area contributed by atoms with Crippen LogP contribution in [0.2, 0.25) is 0 Å². The molecule has 0 aliphatic rings. The van der Waals surface area contributed by atoms with Gasteiger partial charge in [-0.3, -0.25) is 0 Å². The fourth-order valence-corrected chi connectivity index (χ4v) is 18.3. The minimum absolute atomic E-state index is 1.21. The minimum Gasteiger partial charge on any atom is -0.0623 e. The Morgan fingerprint density at radius 1 is 0.161 bits per heavy atom. The third-order valence-corrected chi connectivity index (χ3v) is 21.0. The van der Waals surface area contributed by atoms with Gasteiger partial charge in [0.2, 0.25) is 0 Å². The summed E-state index contributed by atoms with van der Waals surface area (Å²) >= 11 is 0. The first-order valence-corrected chi connectivity index (χ1v) is 23.4. The van der Waals surface area contributed by atoms with Gasteiger partial charge in [-0.2, -0.15) is 0 Å². The Morgan fingerprint density at radius 2 is 0.375 bits per heavy atom. The summed E-state index contributed by atoms with van der Waals surface area (Å²) in [5.41, 5.74) is 4.86. The van der Waals surface area contributed by atoms with Crippen LogP contribution in [0.4, 0.5) is 0 Å². The number of hydrogen-bond donors (Lipinski definition) is 0. The van der Waals surface area contributed by atoms with E-state index in [0.717, 1.165) is 0 Å². The van der Waals surface area contributed by atoms with Crippen molar-refractivity contribution >= 4 is 57.6 Å². The van der Waals surface area contributed by atoms with E-state index in [2.05, 4.69) is 255 Å². The first kappa shape index (κ1) is 35.1. The maximum Gasteiger partial charge on any atom is 0.179 e. The fourth-order valence-electron chi connectivity index (χ4n) is 8.83. The van der Waals surface area contributed by atoms with Gasteiger partial charge < -0.3 is 0 Å². The van der Waals surface area contributed by atoms with E-state index < -0.39 is 16.1 Å². The molecule has 0 aliphatic heterocycles. The lowest BCUT2D eigenvalue weighted by Crippen LogP contribution is -2.74. The van der Waals surface area contributed by atoms with E-state index in [-0.39, 0.29) is 0 Å². The van der Waals surface area contributed by atoms with E-state index in [1.165, 1.54) is 63.7 Å². The molecule has 0 spiro atoms. The van der Waals surface area contributed by atoms with E-state index >= 15 is 0 Å². The zero-order valence-electron chi connectivity index (χ0n) is 31.2. The summed E-state index contributed by atoms with van der Waals surface area (Å²) in [5, 5.41) is 11.1. The van der Waals surface area contributed by atoms with Crippen LogP contribution in [-0.4, -0.2) is 16.1 Å². The first-order valence-electron chi connectivity index (χ1n) is 19.4. The minimum atomic E-state index is -2.58. The summed E-state index contributed by atoms with van der Waals surface area (Å²) in [6, 6.07) is 94.6. The Balaban J connectivity index is 1.11. The highest BCUT2D eigenvalue weighted by atomic mass is 28.3. The van der Waals surface area contributed by atoms with Crippen LogP contribution in [0.3, 0.4) is 0 Å². The molecule has 0 aromatic heterocycles. The normalized spacial score (nSPS) is 11.6. The molecule has 0 radical (unpaired) electrons. The van der Waals surface area contributed by atoms with Crippen molar-refractivity contribution in [2.24, 2.45) is 0 Å². The van der Waals surface area contributed by atoms with E-state index in [4.69, 9.17) is 0 Å². The zero-order chi connectivity index (χ0) is 37.6. The molecule has 0 aliphatic carbocycles. The van der Waals surface area contributed by atoms with Gasteiger partial charge >= 0.3 is 0 Å². The molecule has 0 bridgehead atoms. The van der Waals surface area contributed by atoms with Crippen molar-refractivity contribution in [3.05, 3.63) is 255 Å². The smallest absolute Gasteiger partial charge is 0.0623 e. The van der Waals surface area contributed by atoms with Crippen molar-refractivity contribution in [1.82, 2.24) is 0 Å². The third kappa shape index (κ3) is 6.29. The van der Waals surface area contributed by atoms with Gasteiger partial charge in [-0.1, -0.05) is 249 Å². The quantitative estimate of drug-likeness (QED) is 0.0992. The van der Waals surface area contributed by atoms with Crippen molar-refractivity contribution < 1.29 is 0 Å². The van der Waals surface area contributed by atoms with Gasteiger partial charge in [0.15, 0.2) is 16.1 Å². The highest BCUT2D eigenvalue weighted by Gasteiger charge is 2.42. The number of rotatable bonds is 10. The Hall–Kier alpha value is -6.59. The molecular weight excluding hydrogens is 705 g/mol. The molecule has 0 heterocycles. The van der Waals surface area contributed by atoms with Gasteiger partial charge in [0, 0.05) is 0 Å². The molecular formula is C54H42Si2. The highest BCUT2D eigenvalue weighted by Crippen LogP contribution is 2.27. The lowest BCUT2D eigenvalue weighted by atomic mass is 9.99. The van der Waals surface area contributed by atoms with Crippen LogP contribution in [0.25, 0.3) is 22.3 Å². The zero-order valence-corrected chi connectivity index (χ0v) is 33.2. The molecule has 0 fully saturated rings. The van der Waals surface area contributed by atoms with Gasteiger partial charge in [-0.25, -0.2) is 0 Å². The topological polar surface area (TPSA) is 0 Å². The summed E-state index contributed by atoms with van der Waals surface area (Å²) < 4.78 is 0. The molecule has 0 unspecified atom stereocenters. The van der Waals surface area contributed by atoms with Crippen LogP contribution in [0.15, 0.2) is 255 Å². The van der Waals surface area contributed by atoms with E-state index in [9.17, 15) is 0 Å². The van der Waals surface area contributed by atoms with Crippen LogP contribution in [0.1, 0.15) is 0 Å². The van der Waals surface area contributed by atoms with Crippen molar-refractivity contribution in [2.45, 2.75) is 0 Å². The molecule has 0 atom stereocenters.